The first kappa shape index (κ1) is 10.6. The summed E-state index contributed by atoms with van der Waals surface area (Å²) in [4.78, 5) is 0. The van der Waals surface area contributed by atoms with Gasteiger partial charge < -0.3 is 18.3 Å². The molecule has 0 bridgehead atoms. The molecule has 1 aliphatic rings. The molecule has 1 atom stereocenters. The average Bonchev–Trinajstić information content (AvgIpc) is 1.91. The molecule has 1 N–H and O–H groups in total. The number of rotatable bonds is 2. The van der Waals surface area contributed by atoms with Crippen molar-refractivity contribution in [2.45, 2.75) is 31.7 Å². The van der Waals surface area contributed by atoms with Crippen LogP contribution < -0.4 is 5.32 Å². The average molecular weight is 212 g/mol. The minimum absolute atomic E-state index is 0. The summed E-state index contributed by atoms with van der Waals surface area (Å²) in [6, 6.07) is 0.545. The second-order valence-corrected chi connectivity index (χ2v) is 2.46. The standard InChI is InChI=1S/C8H13N.Y/c1-2-9-8-6-4-3-5-7-8;/h1-2,6,8-9H,3-5,7H2;/q-2;. The SMILES string of the molecule is [CH-]=CNC1[CH-]CCCC1.[Y]. The second kappa shape index (κ2) is 6.36. The van der Waals surface area contributed by atoms with Crippen molar-refractivity contribution in [2.75, 3.05) is 0 Å². The first-order valence-electron chi connectivity index (χ1n) is 3.56. The van der Waals surface area contributed by atoms with Gasteiger partial charge >= 0.3 is 0 Å². The van der Waals surface area contributed by atoms with E-state index < -0.39 is 0 Å². The van der Waals surface area contributed by atoms with Crippen LogP contribution in [-0.2, 0) is 32.7 Å². The van der Waals surface area contributed by atoms with Gasteiger partial charge in [-0.25, -0.2) is 0 Å². The van der Waals surface area contributed by atoms with E-state index in [0.29, 0.717) is 6.04 Å². The third-order valence-electron chi connectivity index (χ3n) is 1.73. The zero-order valence-electron chi connectivity index (χ0n) is 6.22. The van der Waals surface area contributed by atoms with Crippen LogP contribution in [0.5, 0.6) is 0 Å². The summed E-state index contributed by atoms with van der Waals surface area (Å²) in [5, 5.41) is 3.08. The minimum Gasteiger partial charge on any atom is -0.497 e. The van der Waals surface area contributed by atoms with Gasteiger partial charge in [-0.05, 0) is 0 Å². The molecule has 1 rings (SSSR count). The predicted molar refractivity (Wildman–Crippen MR) is 38.6 cm³/mol. The van der Waals surface area contributed by atoms with Gasteiger partial charge in [0.2, 0.25) is 0 Å². The molecule has 1 unspecified atom stereocenters. The normalized spacial score (nSPS) is 24.6. The van der Waals surface area contributed by atoms with Gasteiger partial charge in [0.25, 0.3) is 0 Å². The molecular weight excluding hydrogens is 199 g/mol. The van der Waals surface area contributed by atoms with Crippen LogP contribution in [0.25, 0.3) is 0 Å². The van der Waals surface area contributed by atoms with E-state index in [-0.39, 0.29) is 32.7 Å². The molecule has 0 aliphatic heterocycles. The van der Waals surface area contributed by atoms with Gasteiger partial charge in [-0.2, -0.15) is 12.6 Å². The van der Waals surface area contributed by atoms with Gasteiger partial charge in [0.05, 0.1) is 0 Å². The van der Waals surface area contributed by atoms with E-state index in [4.69, 9.17) is 6.58 Å². The summed E-state index contributed by atoms with van der Waals surface area (Å²) < 4.78 is 0. The monoisotopic (exact) mass is 212 g/mol. The largest absolute Gasteiger partial charge is 0.497 e. The Labute approximate surface area is 88.5 Å². The van der Waals surface area contributed by atoms with Gasteiger partial charge in [-0.3, -0.25) is 0 Å². The Kier molecular flexibility index (Phi) is 6.77. The fourth-order valence-corrected chi connectivity index (χ4v) is 1.22. The van der Waals surface area contributed by atoms with E-state index in [1.54, 1.807) is 0 Å². The fourth-order valence-electron chi connectivity index (χ4n) is 1.22. The molecule has 1 radical (unpaired) electrons. The van der Waals surface area contributed by atoms with Crippen molar-refractivity contribution in [3.63, 3.8) is 0 Å². The minimum atomic E-state index is 0. The number of hydrogen-bond acceptors (Lipinski definition) is 1. The topological polar surface area (TPSA) is 12.0 Å². The van der Waals surface area contributed by atoms with Crippen LogP contribution in [0.15, 0.2) is 6.20 Å². The quantitative estimate of drug-likeness (QED) is 0.686. The molecule has 1 nitrogen and oxygen atoms in total. The van der Waals surface area contributed by atoms with Crippen LogP contribution in [0.3, 0.4) is 0 Å². The summed E-state index contributed by atoms with van der Waals surface area (Å²) in [7, 11) is 0. The van der Waals surface area contributed by atoms with Crippen molar-refractivity contribution >= 4 is 0 Å². The van der Waals surface area contributed by atoms with Crippen molar-refractivity contribution < 1.29 is 32.7 Å². The van der Waals surface area contributed by atoms with Gasteiger partial charge in [-0.15, -0.1) is 6.04 Å². The zero-order chi connectivity index (χ0) is 6.53. The summed E-state index contributed by atoms with van der Waals surface area (Å²) in [6.45, 7) is 5.20. The first-order valence-corrected chi connectivity index (χ1v) is 3.56. The van der Waals surface area contributed by atoms with E-state index in [0.717, 1.165) is 0 Å². The zero-order valence-corrected chi connectivity index (χ0v) is 9.05. The van der Waals surface area contributed by atoms with Crippen LogP contribution >= 0.6 is 0 Å². The maximum absolute atomic E-state index is 5.20. The Balaban J connectivity index is 0.000000810. The van der Waals surface area contributed by atoms with E-state index in [9.17, 15) is 0 Å². The van der Waals surface area contributed by atoms with Gasteiger partial charge in [0.15, 0.2) is 0 Å². The van der Waals surface area contributed by atoms with E-state index in [2.05, 4.69) is 11.7 Å². The smallest absolute Gasteiger partial charge is 0 e. The molecule has 0 aromatic heterocycles. The van der Waals surface area contributed by atoms with Crippen molar-refractivity contribution in [2.24, 2.45) is 0 Å². The second-order valence-electron chi connectivity index (χ2n) is 2.46. The maximum Gasteiger partial charge on any atom is 0 e. The third kappa shape index (κ3) is 3.73. The molecule has 2 heteroatoms. The summed E-state index contributed by atoms with van der Waals surface area (Å²) in [5.74, 6) is 0. The Bertz CT molecular complexity index is 87.3. The van der Waals surface area contributed by atoms with Crippen LogP contribution in [0.2, 0.25) is 0 Å². The fraction of sp³-hybridized carbons (Fsp3) is 0.625. The molecule has 0 saturated heterocycles. The van der Waals surface area contributed by atoms with E-state index in [1.165, 1.54) is 31.9 Å². The Morgan fingerprint density at radius 3 is 2.80 bits per heavy atom. The molecule has 1 saturated carbocycles. The van der Waals surface area contributed by atoms with Gasteiger partial charge in [0.1, 0.15) is 0 Å². The Hall–Kier alpha value is 0.644. The van der Waals surface area contributed by atoms with Crippen LogP contribution in [0.1, 0.15) is 25.7 Å². The summed E-state index contributed by atoms with van der Waals surface area (Å²) in [5.41, 5.74) is 0. The molecule has 0 spiro atoms. The number of nitrogens with one attached hydrogen (secondary N) is 1. The Morgan fingerprint density at radius 2 is 2.30 bits per heavy atom. The molecular formula is C8H13NY-2. The van der Waals surface area contributed by atoms with Crippen molar-refractivity contribution in [3.8, 4) is 0 Å². The van der Waals surface area contributed by atoms with Crippen molar-refractivity contribution in [1.82, 2.24) is 5.32 Å². The van der Waals surface area contributed by atoms with Crippen LogP contribution in [0, 0.1) is 13.0 Å². The molecule has 10 heavy (non-hydrogen) atoms. The summed E-state index contributed by atoms with van der Waals surface area (Å²) in [6.07, 6.45) is 9.00. The predicted octanol–water partition coefficient (Wildman–Crippen LogP) is 1.67. The number of hydrogen-bond donors (Lipinski definition) is 1. The first-order chi connectivity index (χ1) is 4.43. The molecule has 0 aromatic rings. The van der Waals surface area contributed by atoms with E-state index in [1.807, 2.05) is 0 Å². The molecule has 55 valence electrons. The van der Waals surface area contributed by atoms with Crippen LogP contribution in [0.4, 0.5) is 0 Å². The maximum atomic E-state index is 5.20. The Morgan fingerprint density at radius 1 is 1.50 bits per heavy atom. The van der Waals surface area contributed by atoms with Crippen LogP contribution in [-0.4, -0.2) is 6.04 Å². The molecule has 0 heterocycles. The van der Waals surface area contributed by atoms with Crippen molar-refractivity contribution in [3.05, 3.63) is 19.2 Å². The molecule has 1 fully saturated rings. The van der Waals surface area contributed by atoms with Crippen molar-refractivity contribution in [1.29, 1.82) is 0 Å². The molecule has 1 aliphatic carbocycles. The van der Waals surface area contributed by atoms with Gasteiger partial charge in [0, 0.05) is 32.7 Å². The molecule has 0 aromatic carbocycles. The van der Waals surface area contributed by atoms with Gasteiger partial charge in [-0.1, -0.05) is 19.3 Å². The van der Waals surface area contributed by atoms with E-state index >= 15 is 0 Å². The molecule has 0 amide bonds. The summed E-state index contributed by atoms with van der Waals surface area (Å²) >= 11 is 0. The third-order valence-corrected chi connectivity index (χ3v) is 1.73.